The van der Waals surface area contributed by atoms with E-state index < -0.39 is 0 Å². The zero-order valence-electron chi connectivity index (χ0n) is 20.1. The molecule has 3 unspecified atom stereocenters. The summed E-state index contributed by atoms with van der Waals surface area (Å²) < 4.78 is 0. The van der Waals surface area contributed by atoms with Gasteiger partial charge >= 0.3 is 0 Å². The van der Waals surface area contributed by atoms with Crippen LogP contribution in [0.5, 0.6) is 0 Å². The maximum atomic E-state index is 8.62. The fourth-order valence-corrected chi connectivity index (χ4v) is 7.68. The highest BCUT2D eigenvalue weighted by Crippen LogP contribution is 2.40. The molecule has 0 bridgehead atoms. The predicted molar refractivity (Wildman–Crippen MR) is 148 cm³/mol. The van der Waals surface area contributed by atoms with Crippen LogP contribution in [0.4, 0.5) is 0 Å². The number of unbranched alkanes of at least 4 members (excludes halogenated alkanes) is 2. The molecule has 1 rings (SSSR count). The highest BCUT2D eigenvalue weighted by molar-refractivity contribution is 8.77. The van der Waals surface area contributed by atoms with E-state index in [9.17, 15) is 0 Å². The zero-order valence-corrected chi connectivity index (χ0v) is 23.5. The first-order valence-electron chi connectivity index (χ1n) is 11.8. The van der Waals surface area contributed by atoms with Crippen LogP contribution in [0.2, 0.25) is 0 Å². The minimum atomic E-state index is 0.338. The smallest absolute Gasteiger partial charge is 0.0431 e. The summed E-state index contributed by atoms with van der Waals surface area (Å²) in [5.41, 5.74) is 1.56. The van der Waals surface area contributed by atoms with Crippen molar-refractivity contribution in [3.05, 3.63) is 11.6 Å². The average Bonchev–Trinajstić information content (AvgIpc) is 3.26. The first-order chi connectivity index (χ1) is 14.1. The van der Waals surface area contributed by atoms with E-state index >= 15 is 0 Å². The molecule has 0 saturated carbocycles. The molecule has 1 nitrogen and oxygen atoms in total. The van der Waals surface area contributed by atoms with Gasteiger partial charge in [0.15, 0.2) is 0 Å². The summed E-state index contributed by atoms with van der Waals surface area (Å²) in [5, 5.41) is 10.3. The molecule has 1 saturated heterocycles. The van der Waals surface area contributed by atoms with E-state index in [-0.39, 0.29) is 0 Å². The van der Waals surface area contributed by atoms with E-state index in [2.05, 4.69) is 68.0 Å². The third-order valence-corrected chi connectivity index (χ3v) is 9.70. The van der Waals surface area contributed by atoms with Gasteiger partial charge in [0, 0.05) is 22.9 Å². The van der Waals surface area contributed by atoms with Crippen molar-refractivity contribution in [3.63, 3.8) is 0 Å². The maximum Gasteiger partial charge on any atom is 0.0431 e. The van der Waals surface area contributed by atoms with Gasteiger partial charge in [-0.3, -0.25) is 0 Å². The Balaban J connectivity index is 0. The molecule has 1 N–H and O–H groups in total. The fourth-order valence-electron chi connectivity index (χ4n) is 3.07. The van der Waals surface area contributed by atoms with Gasteiger partial charge in [-0.05, 0) is 69.8 Å². The summed E-state index contributed by atoms with van der Waals surface area (Å²) in [7, 11) is 4.18. The number of hydrogen-bond donors (Lipinski definition) is 2. The van der Waals surface area contributed by atoms with E-state index in [1.807, 2.05) is 25.6 Å². The Labute approximate surface area is 201 Å². The van der Waals surface area contributed by atoms with Crippen molar-refractivity contribution < 1.29 is 5.11 Å². The molecule has 1 heterocycles. The molecule has 3 atom stereocenters. The lowest BCUT2D eigenvalue weighted by molar-refractivity contribution is 0.283. The summed E-state index contributed by atoms with van der Waals surface area (Å²) in [6, 6.07) is 0. The highest BCUT2D eigenvalue weighted by Gasteiger charge is 2.15. The minimum Gasteiger partial charge on any atom is -0.396 e. The van der Waals surface area contributed by atoms with Gasteiger partial charge in [0.25, 0.3) is 0 Å². The lowest BCUT2D eigenvalue weighted by atomic mass is 9.95. The molecule has 0 aromatic heterocycles. The van der Waals surface area contributed by atoms with Crippen LogP contribution in [-0.4, -0.2) is 39.5 Å². The summed E-state index contributed by atoms with van der Waals surface area (Å²) in [6.45, 7) is 13.3. The quantitative estimate of drug-likeness (QED) is 0.111. The zero-order chi connectivity index (χ0) is 22.3. The number of hydrogen-bond acceptors (Lipinski definition) is 5. The van der Waals surface area contributed by atoms with Crippen molar-refractivity contribution >= 4 is 46.0 Å². The molecule has 1 aliphatic rings. The molecule has 1 aliphatic heterocycles. The minimum absolute atomic E-state index is 0.338. The number of allylic oxidation sites excluding steroid dienone is 2. The summed E-state index contributed by atoms with van der Waals surface area (Å²) in [5.74, 6) is 4.35. The van der Waals surface area contributed by atoms with Crippen molar-refractivity contribution in [1.82, 2.24) is 0 Å². The van der Waals surface area contributed by atoms with E-state index in [4.69, 9.17) is 5.11 Å². The van der Waals surface area contributed by atoms with E-state index in [1.54, 1.807) is 5.57 Å². The predicted octanol–water partition coefficient (Wildman–Crippen LogP) is 8.92. The summed E-state index contributed by atoms with van der Waals surface area (Å²) >= 11 is 6.26. The second kappa shape index (κ2) is 25.4. The van der Waals surface area contributed by atoms with Crippen LogP contribution in [-0.2, 0) is 0 Å². The average molecular weight is 483 g/mol. The number of rotatable bonds is 14. The largest absolute Gasteiger partial charge is 0.396 e. The fraction of sp³-hybridized carbons (Fsp3) is 0.917. The molecule has 0 aromatic carbocycles. The highest BCUT2D eigenvalue weighted by atomic mass is 33.1. The van der Waals surface area contributed by atoms with Gasteiger partial charge in [-0.25, -0.2) is 0 Å². The van der Waals surface area contributed by atoms with Gasteiger partial charge in [-0.15, -0.1) is 0 Å². The van der Waals surface area contributed by atoms with Crippen LogP contribution in [0.25, 0.3) is 0 Å². The second-order valence-corrected chi connectivity index (χ2v) is 12.2. The normalized spacial score (nSPS) is 18.3. The van der Waals surface area contributed by atoms with Crippen LogP contribution in [0, 0.1) is 5.92 Å². The topological polar surface area (TPSA) is 20.2 Å². The van der Waals surface area contributed by atoms with E-state index in [1.165, 1.54) is 56.5 Å². The first kappa shape index (κ1) is 32.3. The Morgan fingerprint density at radius 1 is 1.17 bits per heavy atom. The van der Waals surface area contributed by atoms with E-state index in [0.29, 0.717) is 6.61 Å². The Hall–Kier alpha value is 1.10. The molecule has 0 spiro atoms. The molecular weight excluding hydrogens is 433 g/mol. The molecule has 1 fully saturated rings. The molecule has 0 radical (unpaired) electrons. The summed E-state index contributed by atoms with van der Waals surface area (Å²) in [4.78, 5) is 0. The lowest BCUT2D eigenvalue weighted by Gasteiger charge is -2.13. The second-order valence-electron chi connectivity index (χ2n) is 7.36. The van der Waals surface area contributed by atoms with Crippen LogP contribution >= 0.6 is 46.0 Å². The van der Waals surface area contributed by atoms with Crippen molar-refractivity contribution in [2.45, 2.75) is 110 Å². The molecule has 0 aliphatic carbocycles. The Morgan fingerprint density at radius 3 is 2.38 bits per heavy atom. The van der Waals surface area contributed by atoms with Crippen LogP contribution in [0.3, 0.4) is 0 Å². The van der Waals surface area contributed by atoms with Crippen LogP contribution < -0.4 is 0 Å². The lowest BCUT2D eigenvalue weighted by Crippen LogP contribution is -2.04. The SMILES string of the molecule is CC.CC=C(C)C(C)CCCCC1CCSS1.CCSC(CCS)CCCCO. The number of aliphatic hydroxyl groups is 1. The molecule has 176 valence electrons. The molecule has 5 heteroatoms. The molecule has 29 heavy (non-hydrogen) atoms. The first-order valence-corrected chi connectivity index (χ1v) is 15.9. The Bertz CT molecular complexity index is 338. The van der Waals surface area contributed by atoms with Crippen molar-refractivity contribution in [2.75, 3.05) is 23.9 Å². The van der Waals surface area contributed by atoms with Crippen molar-refractivity contribution in [3.8, 4) is 0 Å². The third kappa shape index (κ3) is 20.7. The van der Waals surface area contributed by atoms with Gasteiger partial charge in [-0.2, -0.15) is 24.4 Å². The van der Waals surface area contributed by atoms with Crippen LogP contribution in [0.1, 0.15) is 99.3 Å². The van der Waals surface area contributed by atoms with Crippen molar-refractivity contribution in [1.29, 1.82) is 0 Å². The number of aliphatic hydroxyl groups excluding tert-OH is 1. The maximum absolute atomic E-state index is 8.62. The van der Waals surface area contributed by atoms with Gasteiger partial charge in [0.2, 0.25) is 0 Å². The van der Waals surface area contributed by atoms with Gasteiger partial charge in [0.05, 0.1) is 0 Å². The van der Waals surface area contributed by atoms with Gasteiger partial charge < -0.3 is 5.11 Å². The number of thioether (sulfide) groups is 1. The summed E-state index contributed by atoms with van der Waals surface area (Å²) in [6.07, 6.45) is 13.9. The number of thiol groups is 1. The van der Waals surface area contributed by atoms with Crippen LogP contribution in [0.15, 0.2) is 11.6 Å². The van der Waals surface area contributed by atoms with Gasteiger partial charge in [0.1, 0.15) is 0 Å². The third-order valence-electron chi connectivity index (χ3n) is 5.16. The molecule has 0 aromatic rings. The molecule has 0 amide bonds. The van der Waals surface area contributed by atoms with Crippen molar-refractivity contribution in [2.24, 2.45) is 5.92 Å². The van der Waals surface area contributed by atoms with Gasteiger partial charge in [-0.1, -0.05) is 80.2 Å². The standard InChI is InChI=1S/C13H24S2.C9H20OS2.C2H6/c1-4-11(2)12(3)7-5-6-8-13-9-10-14-15-13;1-2-12-9(6-8-11)5-3-4-7-10;1-2/h4,12-13H,5-10H2,1-3H3;9-11H,2-8H2,1H3;1-2H3. The van der Waals surface area contributed by atoms with E-state index in [0.717, 1.165) is 35.0 Å². The Kier molecular flexibility index (Phi) is 28.2. The molecular formula is C24H50OS4. The Morgan fingerprint density at radius 2 is 1.86 bits per heavy atom. The monoisotopic (exact) mass is 482 g/mol.